The van der Waals surface area contributed by atoms with Gasteiger partial charge in [0, 0.05) is 12.8 Å². The van der Waals surface area contributed by atoms with Crippen LogP contribution in [0.1, 0.15) is 335 Å². The second-order valence-corrected chi connectivity index (χ2v) is 28.7. The lowest BCUT2D eigenvalue weighted by Crippen LogP contribution is -2.44. The molecule has 0 bridgehead atoms. The zero-order chi connectivity index (χ0) is 74.6. The maximum atomic E-state index is 13.0. The Morgan fingerprint density at radius 3 is 0.825 bits per heavy atom. The lowest BCUT2D eigenvalue weighted by atomic mass is 10.0. The van der Waals surface area contributed by atoms with Crippen LogP contribution < -0.4 is 5.11 Å². The summed E-state index contributed by atoms with van der Waals surface area (Å²) in [6, 6.07) is 0. The van der Waals surface area contributed by atoms with Crippen LogP contribution >= 0.6 is 0 Å². The number of carboxylic acids is 1. The molecule has 2 atom stereocenters. The highest BCUT2D eigenvalue weighted by Crippen LogP contribution is 2.18. The number of hydrogen-bond donors (Lipinski definition) is 0. The van der Waals surface area contributed by atoms with Crippen molar-refractivity contribution in [2.45, 2.75) is 347 Å². The van der Waals surface area contributed by atoms with E-state index in [1.807, 2.05) is 21.1 Å². The zero-order valence-electron chi connectivity index (χ0n) is 66.9. The fourth-order valence-corrected chi connectivity index (χ4v) is 11.3. The normalized spacial score (nSPS) is 13.6. The van der Waals surface area contributed by atoms with E-state index in [0.717, 1.165) is 135 Å². The Balaban J connectivity index is 4.12. The largest absolute Gasteiger partial charge is 0.545 e. The minimum atomic E-state index is -1.64. The van der Waals surface area contributed by atoms with Gasteiger partial charge in [-0.05, 0) is 141 Å². The quantitative estimate of drug-likeness (QED) is 0.0195. The van der Waals surface area contributed by atoms with Crippen LogP contribution in [0.4, 0.5) is 0 Å². The zero-order valence-corrected chi connectivity index (χ0v) is 66.9. The van der Waals surface area contributed by atoms with E-state index in [9.17, 15) is 19.5 Å². The first-order chi connectivity index (χ1) is 50.6. The Hall–Kier alpha value is -5.61. The average Bonchev–Trinajstić information content (AvgIpc) is 1.01. The maximum absolute atomic E-state index is 13.0. The molecule has 0 saturated heterocycles. The molecule has 103 heavy (non-hydrogen) atoms. The van der Waals surface area contributed by atoms with Crippen LogP contribution in [0.15, 0.2) is 182 Å². The predicted molar refractivity (Wildman–Crippen MR) is 444 cm³/mol. The highest BCUT2D eigenvalue weighted by molar-refractivity contribution is 5.70. The fraction of sp³-hybridized carbons (Fsp3) is 0.649. The summed E-state index contributed by atoms with van der Waals surface area (Å²) in [5, 5.41) is 11.9. The molecule has 0 saturated carbocycles. The standard InChI is InChI=1S/C94H155NO8/c1-6-8-10-12-14-16-18-20-22-24-26-28-30-32-34-36-38-40-42-44-45-46-47-49-51-53-55-57-59-61-63-65-67-69-71-73-75-77-79-81-83-85-92(97)103-90(89-102-94(93(98)99)100-87-86-95(3,4)5)88-101-91(96)84-82-80-78-76-74-72-70-68-66-64-62-60-58-56-54-52-50-48-43-41-39-37-35-33-31-29-27-25-23-21-19-17-15-13-11-9-7-2/h8,10,14,16,19-22,25-28,31-34,38,40,44-45,47,49,53,55,59,61,65,67,71,73,90,94H,6-7,9,11-13,15,17-18,23-24,29-30,35-37,39,41-43,46,48,50-52,54,56-58,60,62-64,66,68-70,72,74-89H2,1-5H3/b10-8-,16-14-,21-19-,22-20-,27-25-,28-26-,33-31-,34-32-,40-38-,45-44-,49-47-,55-53-,61-59-,67-65-,73-71-. The monoisotopic (exact) mass is 1430 g/mol. The molecule has 9 heteroatoms. The molecule has 9 nitrogen and oxygen atoms in total. The van der Waals surface area contributed by atoms with Gasteiger partial charge < -0.3 is 33.3 Å². The summed E-state index contributed by atoms with van der Waals surface area (Å²) < 4.78 is 22.8. The molecular formula is C94H155NO8. The van der Waals surface area contributed by atoms with Crippen LogP contribution in [-0.2, 0) is 33.3 Å². The van der Waals surface area contributed by atoms with Crippen LogP contribution in [0, 0.1) is 0 Å². The smallest absolute Gasteiger partial charge is 0.306 e. The van der Waals surface area contributed by atoms with E-state index in [-0.39, 0.29) is 38.6 Å². The van der Waals surface area contributed by atoms with Crippen molar-refractivity contribution >= 4 is 17.9 Å². The third kappa shape index (κ3) is 83.5. The SMILES string of the molecule is CC/C=C\C/C=C\C/C=C\C/C=C\C/C=C\C/C=C\C/C=C\C/C=C\C/C=C\C/C=C\C/C=C\C/C=C\CCCCCCC(=O)OC(COC(=O)CCCCCCCCCCCCCCCCCCCCCCCC/C=C\C/C=C\C/C=C\CCCCCCC)COC(OCC[N+](C)(C)C)C(=O)[O-]. The minimum absolute atomic E-state index is 0.135. The molecule has 0 heterocycles. The summed E-state index contributed by atoms with van der Waals surface area (Å²) in [5.74, 6) is -2.32. The van der Waals surface area contributed by atoms with E-state index in [0.29, 0.717) is 17.4 Å². The number of nitrogens with zero attached hydrogens (tertiary/aromatic N) is 1. The van der Waals surface area contributed by atoms with Crippen LogP contribution in [-0.4, -0.2) is 82.3 Å². The third-order valence-electron chi connectivity index (χ3n) is 17.6. The van der Waals surface area contributed by atoms with Gasteiger partial charge in [-0.25, -0.2) is 0 Å². The summed E-state index contributed by atoms with van der Waals surface area (Å²) in [4.78, 5) is 37.6. The van der Waals surface area contributed by atoms with E-state index in [1.165, 1.54) is 167 Å². The van der Waals surface area contributed by atoms with Gasteiger partial charge in [0.1, 0.15) is 13.2 Å². The molecule has 0 aliphatic heterocycles. The maximum Gasteiger partial charge on any atom is 0.306 e. The van der Waals surface area contributed by atoms with Crippen molar-refractivity contribution in [3.63, 3.8) is 0 Å². The van der Waals surface area contributed by atoms with Crippen LogP contribution in [0.3, 0.4) is 0 Å². The number of allylic oxidation sites excluding steroid dienone is 30. The second kappa shape index (κ2) is 82.1. The second-order valence-electron chi connectivity index (χ2n) is 28.7. The number of carboxylic acid groups (broad SMARTS) is 1. The Kier molecular flexibility index (Phi) is 77.6. The number of rotatable bonds is 76. The Bertz CT molecular complexity index is 2360. The van der Waals surface area contributed by atoms with E-state index in [4.69, 9.17) is 18.9 Å². The molecule has 0 aromatic carbocycles. The average molecular weight is 1430 g/mol. The van der Waals surface area contributed by atoms with Gasteiger partial charge in [-0.15, -0.1) is 0 Å². The number of likely N-dealkylation sites (N-methyl/N-ethyl adjacent to an activating group) is 1. The molecule has 0 radical (unpaired) electrons. The number of quaternary nitrogens is 1. The number of hydrogen-bond acceptors (Lipinski definition) is 8. The summed E-state index contributed by atoms with van der Waals surface area (Å²) in [7, 11) is 5.92. The van der Waals surface area contributed by atoms with Gasteiger partial charge in [0.05, 0.1) is 40.3 Å². The topological polar surface area (TPSA) is 111 Å². The predicted octanol–water partition coefficient (Wildman–Crippen LogP) is 26.1. The molecule has 0 rings (SSSR count). The minimum Gasteiger partial charge on any atom is -0.545 e. The number of carbonyl (C=O) groups excluding carboxylic acids is 3. The highest BCUT2D eigenvalue weighted by atomic mass is 16.7. The molecule has 0 aromatic heterocycles. The van der Waals surface area contributed by atoms with Crippen molar-refractivity contribution in [2.75, 3.05) is 47.5 Å². The van der Waals surface area contributed by atoms with Crippen molar-refractivity contribution in [2.24, 2.45) is 0 Å². The molecule has 0 aliphatic rings. The molecule has 0 fully saturated rings. The van der Waals surface area contributed by atoms with Gasteiger partial charge in [0.25, 0.3) is 0 Å². The van der Waals surface area contributed by atoms with E-state index in [2.05, 4.69) is 196 Å². The lowest BCUT2D eigenvalue weighted by molar-refractivity contribution is -0.870. The molecule has 0 amide bonds. The van der Waals surface area contributed by atoms with Crippen LogP contribution in [0.2, 0.25) is 0 Å². The van der Waals surface area contributed by atoms with Gasteiger partial charge in [-0.3, -0.25) is 9.59 Å². The van der Waals surface area contributed by atoms with Crippen LogP contribution in [0.25, 0.3) is 0 Å². The van der Waals surface area contributed by atoms with Crippen molar-refractivity contribution in [1.29, 1.82) is 0 Å². The van der Waals surface area contributed by atoms with Gasteiger partial charge in [0.2, 0.25) is 0 Å². The van der Waals surface area contributed by atoms with E-state index >= 15 is 0 Å². The van der Waals surface area contributed by atoms with Crippen molar-refractivity contribution in [1.82, 2.24) is 0 Å². The van der Waals surface area contributed by atoms with Crippen molar-refractivity contribution in [3.8, 4) is 0 Å². The van der Waals surface area contributed by atoms with Crippen molar-refractivity contribution < 1.29 is 42.9 Å². The molecule has 0 aliphatic carbocycles. The summed E-state index contributed by atoms with van der Waals surface area (Å²) >= 11 is 0. The van der Waals surface area contributed by atoms with Gasteiger partial charge >= 0.3 is 11.9 Å². The van der Waals surface area contributed by atoms with E-state index < -0.39 is 24.3 Å². The summed E-state index contributed by atoms with van der Waals surface area (Å²) in [5.41, 5.74) is 0. The van der Waals surface area contributed by atoms with Crippen LogP contribution in [0.5, 0.6) is 0 Å². The summed E-state index contributed by atoms with van der Waals surface area (Å²) in [6.45, 7) is 4.60. The number of esters is 2. The first-order valence-corrected chi connectivity index (χ1v) is 41.9. The Morgan fingerprint density at radius 2 is 0.553 bits per heavy atom. The Labute approximate surface area is 634 Å². The van der Waals surface area contributed by atoms with Gasteiger partial charge in [0.15, 0.2) is 12.4 Å². The van der Waals surface area contributed by atoms with E-state index in [1.54, 1.807) is 0 Å². The molecule has 0 spiro atoms. The lowest BCUT2D eigenvalue weighted by Gasteiger charge is -2.26. The van der Waals surface area contributed by atoms with Gasteiger partial charge in [-0.1, -0.05) is 363 Å². The number of ether oxygens (including phenoxy) is 4. The molecule has 0 N–H and O–H groups in total. The van der Waals surface area contributed by atoms with Crippen molar-refractivity contribution in [3.05, 3.63) is 182 Å². The number of unbranched alkanes of at least 4 members (excludes halogenated alkanes) is 31. The highest BCUT2D eigenvalue weighted by Gasteiger charge is 2.22. The third-order valence-corrected chi connectivity index (χ3v) is 17.6. The molecule has 584 valence electrons. The summed E-state index contributed by atoms with van der Waals surface area (Å²) in [6.07, 6.45) is 122. The Morgan fingerprint density at radius 1 is 0.301 bits per heavy atom. The first kappa shape index (κ1) is 97.4. The van der Waals surface area contributed by atoms with Gasteiger partial charge in [-0.2, -0.15) is 0 Å². The fourth-order valence-electron chi connectivity index (χ4n) is 11.3. The number of carbonyl (C=O) groups is 3. The number of aliphatic carboxylic acids is 1. The first-order valence-electron chi connectivity index (χ1n) is 41.9. The molecule has 2 unspecified atom stereocenters. The molecular weight excluding hydrogens is 1270 g/mol. The molecule has 0 aromatic rings.